The Kier molecular flexibility index (Phi) is 6.04. The first-order chi connectivity index (χ1) is 11.8. The van der Waals surface area contributed by atoms with Gasteiger partial charge >= 0.3 is 6.03 Å². The van der Waals surface area contributed by atoms with Crippen molar-refractivity contribution in [2.45, 2.75) is 70.9 Å². The molecule has 1 unspecified atom stereocenters. The van der Waals surface area contributed by atoms with Gasteiger partial charge in [-0.1, -0.05) is 26.7 Å². The van der Waals surface area contributed by atoms with Crippen molar-refractivity contribution in [3.63, 3.8) is 0 Å². The van der Waals surface area contributed by atoms with Crippen LogP contribution in [0.4, 0.5) is 4.79 Å². The molecule has 0 aromatic heterocycles. The molecule has 1 heterocycles. The Morgan fingerprint density at radius 3 is 2.48 bits per heavy atom. The van der Waals surface area contributed by atoms with Gasteiger partial charge in [-0.15, -0.1) is 0 Å². The number of imide groups is 1. The molecular formula is C18H28N4O3. The standard InChI is InChI=1S/C18H28N4O3/c1-13(2)7-12-21(11-6-10-19)15(23)14(3)22-16(24)18(20-17(22)25)8-4-5-9-18/h13-14H,4-9,11-12H2,1-3H3,(H,20,25). The van der Waals surface area contributed by atoms with Crippen LogP contribution < -0.4 is 5.32 Å². The monoisotopic (exact) mass is 348 g/mol. The van der Waals surface area contributed by atoms with Crippen molar-refractivity contribution in [3.8, 4) is 6.07 Å². The number of amides is 4. The minimum Gasteiger partial charge on any atom is -0.340 e. The van der Waals surface area contributed by atoms with Crippen LogP contribution in [0.25, 0.3) is 0 Å². The number of carbonyl (C=O) groups excluding carboxylic acids is 3. The second-order valence-electron chi connectivity index (χ2n) is 7.49. The first kappa shape index (κ1) is 19.2. The lowest BCUT2D eigenvalue weighted by Crippen LogP contribution is -2.51. The normalized spacial score (nSPS) is 20.0. The fraction of sp³-hybridized carbons (Fsp3) is 0.778. The maximum atomic E-state index is 12.9. The molecule has 1 aliphatic heterocycles. The van der Waals surface area contributed by atoms with Crippen LogP contribution in [0, 0.1) is 17.2 Å². The second kappa shape index (κ2) is 7.85. The van der Waals surface area contributed by atoms with Crippen LogP contribution in [0.2, 0.25) is 0 Å². The van der Waals surface area contributed by atoms with E-state index in [1.165, 1.54) is 0 Å². The fourth-order valence-corrected chi connectivity index (χ4v) is 3.62. The van der Waals surface area contributed by atoms with E-state index in [0.29, 0.717) is 31.8 Å². The van der Waals surface area contributed by atoms with Crippen molar-refractivity contribution in [3.05, 3.63) is 0 Å². The second-order valence-corrected chi connectivity index (χ2v) is 7.49. The van der Waals surface area contributed by atoms with Crippen LogP contribution in [0.3, 0.4) is 0 Å². The summed E-state index contributed by atoms with van der Waals surface area (Å²) in [6, 6.07) is 0.729. The maximum Gasteiger partial charge on any atom is 0.325 e. The summed E-state index contributed by atoms with van der Waals surface area (Å²) < 4.78 is 0. The van der Waals surface area contributed by atoms with E-state index in [0.717, 1.165) is 24.2 Å². The van der Waals surface area contributed by atoms with Gasteiger partial charge in [0.05, 0.1) is 12.5 Å². The van der Waals surface area contributed by atoms with Gasteiger partial charge in [0.2, 0.25) is 5.91 Å². The van der Waals surface area contributed by atoms with Crippen molar-refractivity contribution in [2.24, 2.45) is 5.92 Å². The first-order valence-electron chi connectivity index (χ1n) is 9.14. The Balaban J connectivity index is 2.11. The molecule has 138 valence electrons. The lowest BCUT2D eigenvalue weighted by molar-refractivity contribution is -0.142. The third-order valence-corrected chi connectivity index (χ3v) is 5.18. The summed E-state index contributed by atoms with van der Waals surface area (Å²) in [5, 5.41) is 11.6. The van der Waals surface area contributed by atoms with E-state index >= 15 is 0 Å². The van der Waals surface area contributed by atoms with Gasteiger partial charge in [-0.3, -0.25) is 9.59 Å². The average molecular weight is 348 g/mol. The molecular weight excluding hydrogens is 320 g/mol. The van der Waals surface area contributed by atoms with Crippen LogP contribution in [0.1, 0.15) is 59.3 Å². The Hall–Kier alpha value is -2.10. The summed E-state index contributed by atoms with van der Waals surface area (Å²) in [7, 11) is 0. The highest BCUT2D eigenvalue weighted by molar-refractivity contribution is 6.09. The predicted octanol–water partition coefficient (Wildman–Crippen LogP) is 2.03. The fourth-order valence-electron chi connectivity index (χ4n) is 3.62. The van der Waals surface area contributed by atoms with Gasteiger partial charge in [0, 0.05) is 13.1 Å². The smallest absolute Gasteiger partial charge is 0.325 e. The van der Waals surface area contributed by atoms with Crippen molar-refractivity contribution in [2.75, 3.05) is 13.1 Å². The van der Waals surface area contributed by atoms with Crippen LogP contribution in [0.5, 0.6) is 0 Å². The molecule has 7 heteroatoms. The average Bonchev–Trinajstić information content (AvgIpc) is 3.12. The summed E-state index contributed by atoms with van der Waals surface area (Å²) in [5.41, 5.74) is -0.805. The van der Waals surface area contributed by atoms with Gasteiger partial charge in [0.25, 0.3) is 5.91 Å². The highest BCUT2D eigenvalue weighted by atomic mass is 16.2. The Morgan fingerprint density at radius 2 is 1.92 bits per heavy atom. The van der Waals surface area contributed by atoms with Crippen molar-refractivity contribution in [1.29, 1.82) is 5.26 Å². The number of carbonyl (C=O) groups is 3. The van der Waals surface area contributed by atoms with Crippen molar-refractivity contribution >= 4 is 17.8 Å². The summed E-state index contributed by atoms with van der Waals surface area (Å²) in [4.78, 5) is 40.8. The first-order valence-corrected chi connectivity index (χ1v) is 9.14. The zero-order valence-corrected chi connectivity index (χ0v) is 15.4. The molecule has 1 saturated carbocycles. The van der Waals surface area contributed by atoms with Crippen LogP contribution in [-0.2, 0) is 9.59 Å². The molecule has 1 spiro atoms. The molecule has 1 atom stereocenters. The van der Waals surface area contributed by atoms with Gasteiger partial charge < -0.3 is 10.2 Å². The molecule has 1 aliphatic carbocycles. The molecule has 25 heavy (non-hydrogen) atoms. The number of nitrogens with one attached hydrogen (secondary N) is 1. The van der Waals surface area contributed by atoms with E-state index in [1.807, 2.05) is 0 Å². The lowest BCUT2D eigenvalue weighted by atomic mass is 9.97. The van der Waals surface area contributed by atoms with E-state index in [-0.39, 0.29) is 18.2 Å². The van der Waals surface area contributed by atoms with E-state index in [4.69, 9.17) is 5.26 Å². The van der Waals surface area contributed by atoms with Crippen LogP contribution in [0.15, 0.2) is 0 Å². The zero-order valence-electron chi connectivity index (χ0n) is 15.4. The number of nitrogens with zero attached hydrogens (tertiary/aromatic N) is 3. The van der Waals surface area contributed by atoms with Gasteiger partial charge in [0.15, 0.2) is 0 Å². The molecule has 0 aromatic rings. The molecule has 0 bridgehead atoms. The Bertz CT molecular complexity index is 575. The summed E-state index contributed by atoms with van der Waals surface area (Å²) in [5.74, 6) is -0.124. The van der Waals surface area contributed by atoms with Gasteiger partial charge in [-0.25, -0.2) is 9.69 Å². The summed E-state index contributed by atoms with van der Waals surface area (Å²) in [6.07, 6.45) is 4.14. The minimum absolute atomic E-state index is 0.237. The molecule has 4 amide bonds. The van der Waals surface area contributed by atoms with Crippen LogP contribution >= 0.6 is 0 Å². The van der Waals surface area contributed by atoms with Gasteiger partial charge in [-0.2, -0.15) is 5.26 Å². The molecule has 7 nitrogen and oxygen atoms in total. The highest BCUT2D eigenvalue weighted by Gasteiger charge is 2.54. The molecule has 1 N–H and O–H groups in total. The quantitative estimate of drug-likeness (QED) is 0.712. The summed E-state index contributed by atoms with van der Waals surface area (Å²) in [6.45, 7) is 6.58. The van der Waals surface area contributed by atoms with Crippen molar-refractivity contribution < 1.29 is 14.4 Å². The Morgan fingerprint density at radius 1 is 1.28 bits per heavy atom. The van der Waals surface area contributed by atoms with Crippen molar-refractivity contribution in [1.82, 2.24) is 15.1 Å². The van der Waals surface area contributed by atoms with Crippen LogP contribution in [-0.4, -0.2) is 52.3 Å². The topological polar surface area (TPSA) is 93.5 Å². The molecule has 2 aliphatic rings. The van der Waals surface area contributed by atoms with E-state index < -0.39 is 17.6 Å². The number of hydrogen-bond donors (Lipinski definition) is 1. The molecule has 2 rings (SSSR count). The highest BCUT2D eigenvalue weighted by Crippen LogP contribution is 2.35. The van der Waals surface area contributed by atoms with Gasteiger partial charge in [0.1, 0.15) is 11.6 Å². The number of hydrogen-bond acceptors (Lipinski definition) is 4. The van der Waals surface area contributed by atoms with E-state index in [2.05, 4.69) is 25.2 Å². The Labute approximate surface area is 149 Å². The summed E-state index contributed by atoms with van der Waals surface area (Å²) >= 11 is 0. The maximum absolute atomic E-state index is 12.9. The predicted molar refractivity (Wildman–Crippen MR) is 92.3 cm³/mol. The number of urea groups is 1. The largest absolute Gasteiger partial charge is 0.340 e. The minimum atomic E-state index is -0.849. The molecule has 0 radical (unpaired) electrons. The third kappa shape index (κ3) is 3.94. The molecule has 2 fully saturated rings. The lowest BCUT2D eigenvalue weighted by Gasteiger charge is -2.29. The SMILES string of the molecule is CC(C)CCN(CCC#N)C(=O)C(C)N1C(=O)NC2(CCCC2)C1=O. The third-order valence-electron chi connectivity index (χ3n) is 5.18. The van der Waals surface area contributed by atoms with E-state index in [1.54, 1.807) is 11.8 Å². The molecule has 0 aromatic carbocycles. The zero-order chi connectivity index (χ0) is 18.6. The number of rotatable bonds is 7. The molecule has 1 saturated heterocycles. The number of nitriles is 1. The van der Waals surface area contributed by atoms with E-state index in [9.17, 15) is 14.4 Å². The van der Waals surface area contributed by atoms with Gasteiger partial charge in [-0.05, 0) is 32.1 Å².